The Kier molecular flexibility index (Phi) is 3.82. The summed E-state index contributed by atoms with van der Waals surface area (Å²) in [4.78, 5) is 6.99. The highest BCUT2D eigenvalue weighted by Crippen LogP contribution is 2.20. The SMILES string of the molecule is CCc1nn(C)cc1CNCc1c(C)nc2sc(C)cn12. The number of nitrogens with zero attached hydrogens (tertiary/aromatic N) is 4. The summed E-state index contributed by atoms with van der Waals surface area (Å²) >= 11 is 1.74. The molecule has 0 aromatic carbocycles. The third kappa shape index (κ3) is 2.73. The Balaban J connectivity index is 1.73. The Morgan fingerprint density at radius 3 is 2.81 bits per heavy atom. The number of hydrogen-bond donors (Lipinski definition) is 1. The highest BCUT2D eigenvalue weighted by Gasteiger charge is 2.11. The first-order valence-electron chi connectivity index (χ1n) is 7.24. The molecule has 0 fully saturated rings. The van der Waals surface area contributed by atoms with E-state index in [9.17, 15) is 0 Å². The van der Waals surface area contributed by atoms with Gasteiger partial charge in [0.05, 0.1) is 17.1 Å². The Bertz CT molecular complexity index is 765. The number of imidazole rings is 1. The molecule has 0 spiro atoms. The van der Waals surface area contributed by atoms with Gasteiger partial charge in [0, 0.05) is 43.0 Å². The minimum absolute atomic E-state index is 0.821. The van der Waals surface area contributed by atoms with Crippen molar-refractivity contribution in [2.45, 2.75) is 40.3 Å². The van der Waals surface area contributed by atoms with Crippen LogP contribution in [0.15, 0.2) is 12.4 Å². The molecule has 0 saturated carbocycles. The molecule has 5 nitrogen and oxygen atoms in total. The van der Waals surface area contributed by atoms with E-state index in [1.807, 2.05) is 11.7 Å². The number of aromatic nitrogens is 4. The van der Waals surface area contributed by atoms with E-state index in [2.05, 4.69) is 53.0 Å². The van der Waals surface area contributed by atoms with Crippen LogP contribution in [-0.4, -0.2) is 19.2 Å². The van der Waals surface area contributed by atoms with Gasteiger partial charge >= 0.3 is 0 Å². The maximum Gasteiger partial charge on any atom is 0.194 e. The van der Waals surface area contributed by atoms with E-state index in [0.29, 0.717) is 0 Å². The van der Waals surface area contributed by atoms with Gasteiger partial charge in [-0.2, -0.15) is 5.10 Å². The molecule has 6 heteroatoms. The molecular weight excluding hydrogens is 282 g/mol. The Labute approximate surface area is 128 Å². The molecule has 0 amide bonds. The first-order chi connectivity index (χ1) is 10.1. The lowest BCUT2D eigenvalue weighted by molar-refractivity contribution is 0.668. The molecule has 1 N–H and O–H groups in total. The predicted octanol–water partition coefficient (Wildman–Crippen LogP) is 2.60. The summed E-state index contributed by atoms with van der Waals surface area (Å²) < 4.78 is 4.09. The van der Waals surface area contributed by atoms with Crippen LogP contribution in [0.2, 0.25) is 0 Å². The zero-order valence-electron chi connectivity index (χ0n) is 13.0. The number of hydrogen-bond acceptors (Lipinski definition) is 4. The molecule has 3 aromatic heterocycles. The van der Waals surface area contributed by atoms with Gasteiger partial charge in [-0.25, -0.2) is 4.98 Å². The molecule has 3 heterocycles. The third-order valence-corrected chi connectivity index (χ3v) is 4.57. The first kappa shape index (κ1) is 14.3. The lowest BCUT2D eigenvalue weighted by atomic mass is 10.2. The van der Waals surface area contributed by atoms with E-state index in [1.165, 1.54) is 21.8 Å². The molecule has 0 saturated heterocycles. The van der Waals surface area contributed by atoms with E-state index < -0.39 is 0 Å². The van der Waals surface area contributed by atoms with Crippen LogP contribution in [0.25, 0.3) is 4.96 Å². The van der Waals surface area contributed by atoms with Crippen LogP contribution in [0.5, 0.6) is 0 Å². The molecule has 3 aromatic rings. The summed E-state index contributed by atoms with van der Waals surface area (Å²) in [6.07, 6.45) is 5.23. The summed E-state index contributed by atoms with van der Waals surface area (Å²) in [6.45, 7) is 8.00. The number of fused-ring (bicyclic) bond motifs is 1. The predicted molar refractivity (Wildman–Crippen MR) is 85.7 cm³/mol. The van der Waals surface area contributed by atoms with E-state index in [-0.39, 0.29) is 0 Å². The molecule has 0 bridgehead atoms. The van der Waals surface area contributed by atoms with Gasteiger partial charge in [-0.15, -0.1) is 11.3 Å². The Hall–Kier alpha value is -1.66. The fourth-order valence-corrected chi connectivity index (χ4v) is 3.56. The number of aryl methyl sites for hydroxylation is 4. The van der Waals surface area contributed by atoms with Gasteiger partial charge in [0.25, 0.3) is 0 Å². The maximum absolute atomic E-state index is 4.62. The second-order valence-electron chi connectivity index (χ2n) is 5.37. The van der Waals surface area contributed by atoms with Crippen molar-refractivity contribution in [2.75, 3.05) is 0 Å². The van der Waals surface area contributed by atoms with Crippen molar-refractivity contribution in [3.8, 4) is 0 Å². The van der Waals surface area contributed by atoms with Crippen LogP contribution in [0, 0.1) is 13.8 Å². The van der Waals surface area contributed by atoms with E-state index in [1.54, 1.807) is 11.3 Å². The van der Waals surface area contributed by atoms with Gasteiger partial charge in [-0.05, 0) is 20.3 Å². The minimum atomic E-state index is 0.821. The summed E-state index contributed by atoms with van der Waals surface area (Å²) in [5, 5.41) is 8.00. The second-order valence-corrected chi connectivity index (χ2v) is 6.58. The fraction of sp³-hybridized carbons (Fsp3) is 0.467. The van der Waals surface area contributed by atoms with Gasteiger partial charge in [-0.3, -0.25) is 9.08 Å². The Morgan fingerprint density at radius 2 is 2.05 bits per heavy atom. The third-order valence-electron chi connectivity index (χ3n) is 3.68. The van der Waals surface area contributed by atoms with Crippen LogP contribution >= 0.6 is 11.3 Å². The van der Waals surface area contributed by atoms with Crippen molar-refractivity contribution < 1.29 is 0 Å². The number of rotatable bonds is 5. The van der Waals surface area contributed by atoms with Crippen LogP contribution in [0.1, 0.15) is 34.4 Å². The van der Waals surface area contributed by atoms with Crippen molar-refractivity contribution in [3.63, 3.8) is 0 Å². The van der Waals surface area contributed by atoms with Crippen LogP contribution in [0.4, 0.5) is 0 Å². The molecule has 0 unspecified atom stereocenters. The topological polar surface area (TPSA) is 47.2 Å². The zero-order valence-corrected chi connectivity index (χ0v) is 13.8. The highest BCUT2D eigenvalue weighted by atomic mass is 32.1. The van der Waals surface area contributed by atoms with Crippen molar-refractivity contribution in [2.24, 2.45) is 7.05 Å². The largest absolute Gasteiger partial charge is 0.307 e. The average molecular weight is 303 g/mol. The monoisotopic (exact) mass is 303 g/mol. The molecule has 3 rings (SSSR count). The Morgan fingerprint density at radius 1 is 1.24 bits per heavy atom. The number of nitrogens with one attached hydrogen (secondary N) is 1. The van der Waals surface area contributed by atoms with E-state index >= 15 is 0 Å². The van der Waals surface area contributed by atoms with Crippen LogP contribution < -0.4 is 5.32 Å². The molecule has 0 radical (unpaired) electrons. The second kappa shape index (κ2) is 5.61. The average Bonchev–Trinajstić information content (AvgIpc) is 3.04. The van der Waals surface area contributed by atoms with E-state index in [0.717, 1.165) is 30.2 Å². The first-order valence-corrected chi connectivity index (χ1v) is 8.06. The lowest BCUT2D eigenvalue weighted by Gasteiger charge is -2.05. The van der Waals surface area contributed by atoms with Gasteiger partial charge in [0.1, 0.15) is 0 Å². The smallest absolute Gasteiger partial charge is 0.194 e. The minimum Gasteiger partial charge on any atom is -0.307 e. The summed E-state index contributed by atoms with van der Waals surface area (Å²) in [5.41, 5.74) is 4.80. The molecule has 0 aliphatic rings. The molecular formula is C15H21N5S. The summed E-state index contributed by atoms with van der Waals surface area (Å²) in [6, 6.07) is 0. The molecule has 21 heavy (non-hydrogen) atoms. The quantitative estimate of drug-likeness (QED) is 0.788. The molecule has 0 aliphatic carbocycles. The van der Waals surface area contributed by atoms with Gasteiger partial charge in [0.15, 0.2) is 4.96 Å². The summed E-state index contributed by atoms with van der Waals surface area (Å²) in [7, 11) is 1.97. The molecule has 0 aliphatic heterocycles. The van der Waals surface area contributed by atoms with Gasteiger partial charge in [0.2, 0.25) is 0 Å². The standard InChI is InChI=1S/C15H21N5S/c1-5-13-12(9-19(4)18-13)6-16-7-14-11(3)17-15-20(14)8-10(2)21-15/h8-9,16H,5-7H2,1-4H3. The highest BCUT2D eigenvalue weighted by molar-refractivity contribution is 7.17. The number of thiazole rings is 1. The van der Waals surface area contributed by atoms with E-state index in [4.69, 9.17) is 0 Å². The van der Waals surface area contributed by atoms with Crippen molar-refractivity contribution in [1.82, 2.24) is 24.5 Å². The summed E-state index contributed by atoms with van der Waals surface area (Å²) in [5.74, 6) is 0. The lowest BCUT2D eigenvalue weighted by Crippen LogP contribution is -2.15. The normalized spacial score (nSPS) is 11.6. The zero-order chi connectivity index (χ0) is 15.0. The van der Waals surface area contributed by atoms with Crippen LogP contribution in [-0.2, 0) is 26.6 Å². The van der Waals surface area contributed by atoms with Gasteiger partial charge < -0.3 is 5.32 Å². The van der Waals surface area contributed by atoms with Crippen molar-refractivity contribution in [1.29, 1.82) is 0 Å². The molecule has 0 atom stereocenters. The molecule has 112 valence electrons. The van der Waals surface area contributed by atoms with Crippen molar-refractivity contribution >= 4 is 16.3 Å². The van der Waals surface area contributed by atoms with Gasteiger partial charge in [-0.1, -0.05) is 6.92 Å². The van der Waals surface area contributed by atoms with Crippen molar-refractivity contribution in [3.05, 3.63) is 39.9 Å². The van der Waals surface area contributed by atoms with Crippen LogP contribution in [0.3, 0.4) is 0 Å². The maximum atomic E-state index is 4.62. The fourth-order valence-electron chi connectivity index (χ4n) is 2.67.